The highest BCUT2D eigenvalue weighted by molar-refractivity contribution is 6.30. The van der Waals surface area contributed by atoms with Crippen LogP contribution in [0.5, 0.6) is 5.75 Å². The van der Waals surface area contributed by atoms with Crippen molar-refractivity contribution in [2.75, 3.05) is 26.1 Å². The van der Waals surface area contributed by atoms with Crippen molar-refractivity contribution in [1.29, 1.82) is 0 Å². The number of methoxy groups -OCH3 is 1. The average Bonchev–Trinajstić information content (AvgIpc) is 2.46. The molecule has 0 bridgehead atoms. The molecule has 3 nitrogen and oxygen atoms in total. The Balaban J connectivity index is 2.52. The molecule has 2 aromatic rings. The molecule has 20 heavy (non-hydrogen) atoms. The van der Waals surface area contributed by atoms with Crippen molar-refractivity contribution in [2.45, 2.75) is 6.10 Å². The molecule has 0 radical (unpaired) electrons. The summed E-state index contributed by atoms with van der Waals surface area (Å²) in [5.41, 5.74) is 2.40. The Morgan fingerprint density at radius 2 is 1.80 bits per heavy atom. The van der Waals surface area contributed by atoms with Gasteiger partial charge in [-0.1, -0.05) is 29.8 Å². The molecule has 0 fully saturated rings. The molecule has 0 saturated carbocycles. The molecule has 0 saturated heterocycles. The Bertz CT molecular complexity index is 599. The molecule has 0 amide bonds. The monoisotopic (exact) mass is 291 g/mol. The number of aliphatic hydroxyl groups is 1. The van der Waals surface area contributed by atoms with E-state index in [1.165, 1.54) is 0 Å². The SMILES string of the molecule is COc1ccccc1C(O)c1cc(Cl)ccc1N(C)C. The minimum Gasteiger partial charge on any atom is -0.496 e. The minimum absolute atomic E-state index is 0.597. The van der Waals surface area contributed by atoms with Gasteiger partial charge in [-0.3, -0.25) is 0 Å². The number of benzene rings is 2. The highest BCUT2D eigenvalue weighted by atomic mass is 35.5. The van der Waals surface area contributed by atoms with Crippen LogP contribution in [0.2, 0.25) is 5.02 Å². The van der Waals surface area contributed by atoms with Crippen LogP contribution in [-0.4, -0.2) is 26.3 Å². The maximum atomic E-state index is 10.7. The van der Waals surface area contributed by atoms with Crippen LogP contribution >= 0.6 is 11.6 Å². The maximum absolute atomic E-state index is 10.7. The van der Waals surface area contributed by atoms with Crippen LogP contribution in [0.3, 0.4) is 0 Å². The predicted octanol–water partition coefficient (Wildman–Crippen LogP) is 3.50. The van der Waals surface area contributed by atoms with E-state index in [9.17, 15) is 5.11 Å². The van der Waals surface area contributed by atoms with Crippen LogP contribution in [0, 0.1) is 0 Å². The molecule has 0 aromatic heterocycles. The largest absolute Gasteiger partial charge is 0.496 e. The van der Waals surface area contributed by atoms with Crippen LogP contribution < -0.4 is 9.64 Å². The van der Waals surface area contributed by atoms with Crippen molar-refractivity contribution in [3.8, 4) is 5.75 Å². The number of anilines is 1. The Labute approximate surface area is 124 Å². The first-order chi connectivity index (χ1) is 9.54. The zero-order chi connectivity index (χ0) is 14.7. The van der Waals surface area contributed by atoms with Crippen molar-refractivity contribution in [2.24, 2.45) is 0 Å². The molecular formula is C16H18ClNO2. The lowest BCUT2D eigenvalue weighted by Crippen LogP contribution is -2.14. The fourth-order valence-corrected chi connectivity index (χ4v) is 2.39. The fraction of sp³-hybridized carbons (Fsp3) is 0.250. The lowest BCUT2D eigenvalue weighted by Gasteiger charge is -2.22. The molecule has 1 unspecified atom stereocenters. The smallest absolute Gasteiger partial charge is 0.125 e. The van der Waals surface area contributed by atoms with E-state index in [1.807, 2.05) is 55.4 Å². The van der Waals surface area contributed by atoms with Gasteiger partial charge in [-0.2, -0.15) is 0 Å². The third-order valence-electron chi connectivity index (χ3n) is 3.20. The van der Waals surface area contributed by atoms with Crippen LogP contribution in [-0.2, 0) is 0 Å². The Hall–Kier alpha value is -1.71. The van der Waals surface area contributed by atoms with E-state index >= 15 is 0 Å². The number of hydrogen-bond acceptors (Lipinski definition) is 3. The molecule has 0 heterocycles. The van der Waals surface area contributed by atoms with Gasteiger partial charge in [0.25, 0.3) is 0 Å². The molecule has 0 aliphatic carbocycles. The molecule has 0 aliphatic heterocycles. The standard InChI is InChI=1S/C16H18ClNO2/c1-18(2)14-9-8-11(17)10-13(14)16(19)12-6-4-5-7-15(12)20-3/h4-10,16,19H,1-3H3. The summed E-state index contributed by atoms with van der Waals surface area (Å²) in [5, 5.41) is 11.3. The van der Waals surface area contributed by atoms with Crippen molar-refractivity contribution >= 4 is 17.3 Å². The first-order valence-corrected chi connectivity index (χ1v) is 6.70. The molecule has 106 valence electrons. The number of halogens is 1. The molecule has 1 atom stereocenters. The van der Waals surface area contributed by atoms with Crippen LogP contribution in [0.1, 0.15) is 17.2 Å². The zero-order valence-electron chi connectivity index (χ0n) is 11.8. The molecule has 0 spiro atoms. The molecular weight excluding hydrogens is 274 g/mol. The topological polar surface area (TPSA) is 32.7 Å². The number of ether oxygens (including phenoxy) is 1. The number of rotatable bonds is 4. The van der Waals surface area contributed by atoms with Gasteiger partial charge in [0, 0.05) is 35.9 Å². The molecule has 2 rings (SSSR count). The number of aliphatic hydroxyl groups excluding tert-OH is 1. The summed E-state index contributed by atoms with van der Waals surface area (Å²) >= 11 is 6.07. The predicted molar refractivity (Wildman–Crippen MR) is 82.8 cm³/mol. The number of nitrogens with zero attached hydrogens (tertiary/aromatic N) is 1. The van der Waals surface area contributed by atoms with E-state index in [-0.39, 0.29) is 0 Å². The molecule has 0 aliphatic rings. The van der Waals surface area contributed by atoms with E-state index in [4.69, 9.17) is 16.3 Å². The third kappa shape index (κ3) is 2.89. The average molecular weight is 292 g/mol. The summed E-state index contributed by atoms with van der Waals surface area (Å²) in [5.74, 6) is 0.657. The Morgan fingerprint density at radius 3 is 2.45 bits per heavy atom. The summed E-state index contributed by atoms with van der Waals surface area (Å²) in [7, 11) is 5.46. The zero-order valence-corrected chi connectivity index (χ0v) is 12.6. The summed E-state index contributed by atoms with van der Waals surface area (Å²) in [6.45, 7) is 0. The second-order valence-electron chi connectivity index (χ2n) is 4.74. The van der Waals surface area contributed by atoms with Crippen molar-refractivity contribution < 1.29 is 9.84 Å². The third-order valence-corrected chi connectivity index (χ3v) is 3.43. The summed E-state index contributed by atoms with van der Waals surface area (Å²) in [4.78, 5) is 1.95. The van der Waals surface area contributed by atoms with Gasteiger partial charge in [0.15, 0.2) is 0 Å². The van der Waals surface area contributed by atoms with Crippen LogP contribution in [0.4, 0.5) is 5.69 Å². The van der Waals surface area contributed by atoms with Gasteiger partial charge >= 0.3 is 0 Å². The van der Waals surface area contributed by atoms with E-state index < -0.39 is 6.10 Å². The van der Waals surface area contributed by atoms with Gasteiger partial charge < -0.3 is 14.7 Å². The molecule has 2 aromatic carbocycles. The van der Waals surface area contributed by atoms with E-state index in [0.29, 0.717) is 10.8 Å². The highest BCUT2D eigenvalue weighted by Crippen LogP contribution is 2.35. The summed E-state index contributed by atoms with van der Waals surface area (Å²) in [6, 6.07) is 12.9. The first kappa shape index (κ1) is 14.7. The normalized spacial score (nSPS) is 12.1. The maximum Gasteiger partial charge on any atom is 0.125 e. The van der Waals surface area contributed by atoms with Crippen molar-refractivity contribution in [1.82, 2.24) is 0 Å². The highest BCUT2D eigenvalue weighted by Gasteiger charge is 2.19. The van der Waals surface area contributed by atoms with Gasteiger partial charge in [-0.05, 0) is 24.3 Å². The van der Waals surface area contributed by atoms with Gasteiger partial charge in [-0.15, -0.1) is 0 Å². The molecule has 1 N–H and O–H groups in total. The second kappa shape index (κ2) is 6.16. The van der Waals surface area contributed by atoms with Crippen LogP contribution in [0.15, 0.2) is 42.5 Å². The summed E-state index contributed by atoms with van der Waals surface area (Å²) in [6.07, 6.45) is -0.790. The van der Waals surface area contributed by atoms with Gasteiger partial charge in [0.2, 0.25) is 0 Å². The van der Waals surface area contributed by atoms with Gasteiger partial charge in [0.1, 0.15) is 11.9 Å². The lowest BCUT2D eigenvalue weighted by atomic mass is 9.98. The fourth-order valence-electron chi connectivity index (χ4n) is 2.21. The number of para-hydroxylation sites is 1. The summed E-state index contributed by atoms with van der Waals surface area (Å²) < 4.78 is 5.31. The van der Waals surface area contributed by atoms with E-state index in [0.717, 1.165) is 16.8 Å². The second-order valence-corrected chi connectivity index (χ2v) is 5.18. The van der Waals surface area contributed by atoms with E-state index in [1.54, 1.807) is 13.2 Å². The molecule has 4 heteroatoms. The van der Waals surface area contributed by atoms with E-state index in [2.05, 4.69) is 0 Å². The Kier molecular flexibility index (Phi) is 4.53. The quantitative estimate of drug-likeness (QED) is 0.936. The van der Waals surface area contributed by atoms with Crippen molar-refractivity contribution in [3.63, 3.8) is 0 Å². The minimum atomic E-state index is -0.790. The first-order valence-electron chi connectivity index (χ1n) is 6.32. The Morgan fingerprint density at radius 1 is 1.10 bits per heavy atom. The lowest BCUT2D eigenvalue weighted by molar-refractivity contribution is 0.215. The number of hydrogen-bond donors (Lipinski definition) is 1. The van der Waals surface area contributed by atoms with Crippen LogP contribution in [0.25, 0.3) is 0 Å². The van der Waals surface area contributed by atoms with Gasteiger partial charge in [-0.25, -0.2) is 0 Å². The van der Waals surface area contributed by atoms with Crippen molar-refractivity contribution in [3.05, 3.63) is 58.6 Å². The van der Waals surface area contributed by atoms with Gasteiger partial charge in [0.05, 0.1) is 7.11 Å².